The van der Waals surface area contributed by atoms with Gasteiger partial charge in [0.1, 0.15) is 11.5 Å². The van der Waals surface area contributed by atoms with Gasteiger partial charge in [-0.3, -0.25) is 14.5 Å². The molecule has 4 amide bonds. The third-order valence-corrected chi connectivity index (χ3v) is 3.97. The monoisotopic (exact) mass is 291 g/mol. The standard InChI is InChI=1S/C14H17N3O4/c1-8-5-11(9(2)21-8)13(19)16-4-3-10(7-16)17-12(18)6-15-14(17)20/h5,10H,3-4,6-7H2,1-2H3,(H,15,20)/t10-/m1/s1. The Kier molecular flexibility index (Phi) is 3.19. The van der Waals surface area contributed by atoms with E-state index in [-0.39, 0.29) is 30.4 Å². The fourth-order valence-corrected chi connectivity index (χ4v) is 2.95. The van der Waals surface area contributed by atoms with Crippen LogP contribution in [0, 0.1) is 13.8 Å². The molecule has 2 aliphatic heterocycles. The Morgan fingerprint density at radius 3 is 2.71 bits per heavy atom. The van der Waals surface area contributed by atoms with Gasteiger partial charge in [-0.2, -0.15) is 0 Å². The number of likely N-dealkylation sites (tertiary alicyclic amines) is 1. The van der Waals surface area contributed by atoms with Crippen LogP contribution in [-0.2, 0) is 4.79 Å². The number of nitrogens with one attached hydrogen (secondary N) is 1. The van der Waals surface area contributed by atoms with E-state index in [0.717, 1.165) is 0 Å². The van der Waals surface area contributed by atoms with Crippen LogP contribution in [-0.4, -0.2) is 53.3 Å². The maximum atomic E-state index is 12.5. The third kappa shape index (κ3) is 2.28. The second kappa shape index (κ2) is 4.91. The van der Waals surface area contributed by atoms with Gasteiger partial charge in [0.2, 0.25) is 5.91 Å². The number of carbonyl (C=O) groups excluding carboxylic acids is 3. The minimum atomic E-state index is -0.366. The Balaban J connectivity index is 1.72. The van der Waals surface area contributed by atoms with E-state index in [1.807, 2.05) is 0 Å². The van der Waals surface area contributed by atoms with Crippen LogP contribution in [0.2, 0.25) is 0 Å². The number of nitrogens with zero attached hydrogens (tertiary/aromatic N) is 2. The summed E-state index contributed by atoms with van der Waals surface area (Å²) < 4.78 is 5.38. The topological polar surface area (TPSA) is 82.9 Å². The maximum Gasteiger partial charge on any atom is 0.324 e. The van der Waals surface area contributed by atoms with Crippen LogP contribution in [0.4, 0.5) is 4.79 Å². The zero-order valence-corrected chi connectivity index (χ0v) is 12.0. The summed E-state index contributed by atoms with van der Waals surface area (Å²) in [4.78, 5) is 38.7. The Morgan fingerprint density at radius 2 is 2.14 bits per heavy atom. The van der Waals surface area contributed by atoms with E-state index in [4.69, 9.17) is 4.42 Å². The van der Waals surface area contributed by atoms with Gasteiger partial charge < -0.3 is 14.6 Å². The molecule has 0 aliphatic carbocycles. The number of rotatable bonds is 2. The van der Waals surface area contributed by atoms with Gasteiger partial charge in [0.25, 0.3) is 5.91 Å². The van der Waals surface area contributed by atoms with Crippen molar-refractivity contribution in [3.8, 4) is 0 Å². The van der Waals surface area contributed by atoms with Crippen molar-refractivity contribution in [3.05, 3.63) is 23.2 Å². The molecule has 2 fully saturated rings. The minimum Gasteiger partial charge on any atom is -0.466 e. The SMILES string of the molecule is Cc1cc(C(=O)N2CC[C@@H](N3C(=O)CNC3=O)C2)c(C)o1. The van der Waals surface area contributed by atoms with Crippen molar-refractivity contribution >= 4 is 17.8 Å². The van der Waals surface area contributed by atoms with E-state index >= 15 is 0 Å². The van der Waals surface area contributed by atoms with E-state index < -0.39 is 0 Å². The highest BCUT2D eigenvalue weighted by atomic mass is 16.3. The summed E-state index contributed by atoms with van der Waals surface area (Å²) in [6.07, 6.45) is 0.612. The second-order valence-electron chi connectivity index (χ2n) is 5.44. The highest BCUT2D eigenvalue weighted by molar-refractivity contribution is 6.02. The molecule has 1 N–H and O–H groups in total. The number of urea groups is 1. The van der Waals surface area contributed by atoms with Gasteiger partial charge in [0, 0.05) is 13.1 Å². The molecule has 1 aromatic heterocycles. The van der Waals surface area contributed by atoms with Crippen molar-refractivity contribution in [2.45, 2.75) is 26.3 Å². The van der Waals surface area contributed by atoms with Crippen LogP contribution in [0.15, 0.2) is 10.5 Å². The fourth-order valence-electron chi connectivity index (χ4n) is 2.95. The van der Waals surface area contributed by atoms with E-state index in [1.54, 1.807) is 24.8 Å². The van der Waals surface area contributed by atoms with E-state index in [2.05, 4.69) is 5.32 Å². The number of imide groups is 1. The van der Waals surface area contributed by atoms with Crippen LogP contribution in [0.5, 0.6) is 0 Å². The molecule has 3 heterocycles. The third-order valence-electron chi connectivity index (χ3n) is 3.97. The molecule has 2 aliphatic rings. The van der Waals surface area contributed by atoms with Crippen molar-refractivity contribution in [3.63, 3.8) is 0 Å². The van der Waals surface area contributed by atoms with Crippen molar-refractivity contribution in [1.29, 1.82) is 0 Å². The normalized spacial score (nSPS) is 22.1. The molecule has 7 nitrogen and oxygen atoms in total. The van der Waals surface area contributed by atoms with Crippen LogP contribution in [0.3, 0.4) is 0 Å². The lowest BCUT2D eigenvalue weighted by molar-refractivity contribution is -0.126. The van der Waals surface area contributed by atoms with Gasteiger partial charge in [0.15, 0.2) is 0 Å². The average Bonchev–Trinajstić information content (AvgIpc) is 3.10. The molecule has 1 atom stereocenters. The van der Waals surface area contributed by atoms with E-state index in [1.165, 1.54) is 4.90 Å². The maximum absolute atomic E-state index is 12.5. The fraction of sp³-hybridized carbons (Fsp3) is 0.500. The highest BCUT2D eigenvalue weighted by Crippen LogP contribution is 2.22. The van der Waals surface area contributed by atoms with Crippen LogP contribution >= 0.6 is 0 Å². The van der Waals surface area contributed by atoms with Gasteiger partial charge >= 0.3 is 6.03 Å². The van der Waals surface area contributed by atoms with Crippen molar-refractivity contribution < 1.29 is 18.8 Å². The van der Waals surface area contributed by atoms with Crippen LogP contribution in [0.25, 0.3) is 0 Å². The molecule has 1 aromatic rings. The Labute approximate surface area is 121 Å². The van der Waals surface area contributed by atoms with Crippen molar-refractivity contribution in [1.82, 2.24) is 15.1 Å². The molecular weight excluding hydrogens is 274 g/mol. The molecule has 112 valence electrons. The Bertz CT molecular complexity index is 606. The molecule has 0 bridgehead atoms. The quantitative estimate of drug-likeness (QED) is 0.812. The minimum absolute atomic E-state index is 0.0450. The summed E-state index contributed by atoms with van der Waals surface area (Å²) in [5, 5.41) is 2.50. The molecule has 0 aromatic carbocycles. The summed E-state index contributed by atoms with van der Waals surface area (Å²) in [6.45, 7) is 4.50. The summed E-state index contributed by atoms with van der Waals surface area (Å²) in [5.41, 5.74) is 0.547. The van der Waals surface area contributed by atoms with E-state index in [9.17, 15) is 14.4 Å². The average molecular weight is 291 g/mol. The molecule has 21 heavy (non-hydrogen) atoms. The molecule has 0 saturated carbocycles. The first kappa shape index (κ1) is 13.7. The smallest absolute Gasteiger partial charge is 0.324 e. The van der Waals surface area contributed by atoms with Gasteiger partial charge in [-0.1, -0.05) is 0 Å². The number of hydrogen-bond acceptors (Lipinski definition) is 4. The number of aryl methyl sites for hydroxylation is 2. The zero-order chi connectivity index (χ0) is 15.1. The molecule has 0 spiro atoms. The Hall–Kier alpha value is -2.31. The first-order chi connectivity index (χ1) is 9.97. The summed E-state index contributed by atoms with van der Waals surface area (Å²) in [5.74, 6) is 0.949. The lowest BCUT2D eigenvalue weighted by atomic mass is 10.2. The van der Waals surface area contributed by atoms with Crippen LogP contribution in [0.1, 0.15) is 28.3 Å². The van der Waals surface area contributed by atoms with Crippen molar-refractivity contribution in [2.75, 3.05) is 19.6 Å². The number of hydrogen-bond donors (Lipinski definition) is 1. The lowest BCUT2D eigenvalue weighted by Crippen LogP contribution is -2.42. The molecular formula is C14H17N3O4. The number of carbonyl (C=O) groups is 3. The van der Waals surface area contributed by atoms with Gasteiger partial charge in [-0.25, -0.2) is 4.79 Å². The summed E-state index contributed by atoms with van der Waals surface area (Å²) >= 11 is 0. The first-order valence-electron chi connectivity index (χ1n) is 6.93. The molecule has 0 unspecified atom stereocenters. The molecule has 3 rings (SSSR count). The van der Waals surface area contributed by atoms with Gasteiger partial charge in [0.05, 0.1) is 18.2 Å². The van der Waals surface area contributed by atoms with Gasteiger partial charge in [-0.05, 0) is 26.3 Å². The second-order valence-corrected chi connectivity index (χ2v) is 5.44. The van der Waals surface area contributed by atoms with E-state index in [0.29, 0.717) is 36.6 Å². The molecule has 7 heteroatoms. The summed E-state index contributed by atoms with van der Waals surface area (Å²) in [7, 11) is 0. The van der Waals surface area contributed by atoms with Crippen LogP contribution < -0.4 is 5.32 Å². The predicted octanol–water partition coefficient (Wildman–Crippen LogP) is 0.663. The highest BCUT2D eigenvalue weighted by Gasteiger charge is 2.40. The molecule has 0 radical (unpaired) electrons. The zero-order valence-electron chi connectivity index (χ0n) is 12.0. The first-order valence-corrected chi connectivity index (χ1v) is 6.93. The van der Waals surface area contributed by atoms with Gasteiger partial charge in [-0.15, -0.1) is 0 Å². The van der Waals surface area contributed by atoms with Crippen molar-refractivity contribution in [2.24, 2.45) is 0 Å². The summed E-state index contributed by atoms with van der Waals surface area (Å²) in [6, 6.07) is 1.12. The predicted molar refractivity (Wildman–Crippen MR) is 72.7 cm³/mol. The number of amides is 4. The Morgan fingerprint density at radius 1 is 1.38 bits per heavy atom. The number of furan rings is 1. The molecule has 2 saturated heterocycles. The lowest BCUT2D eigenvalue weighted by Gasteiger charge is -2.21. The largest absolute Gasteiger partial charge is 0.466 e.